The monoisotopic (exact) mass is 669 g/mol. The lowest BCUT2D eigenvalue weighted by Gasteiger charge is -2.41. The van der Waals surface area contributed by atoms with Gasteiger partial charge in [-0.1, -0.05) is 48.5 Å². The highest BCUT2D eigenvalue weighted by Gasteiger charge is 2.35. The van der Waals surface area contributed by atoms with Crippen molar-refractivity contribution in [3.63, 3.8) is 0 Å². The van der Waals surface area contributed by atoms with Gasteiger partial charge in [0, 0.05) is 56.4 Å². The Morgan fingerprint density at radius 3 is 2.43 bits per heavy atom. The van der Waals surface area contributed by atoms with Gasteiger partial charge in [-0.2, -0.15) is 0 Å². The Labute approximate surface area is 288 Å². The van der Waals surface area contributed by atoms with Gasteiger partial charge in [0.15, 0.2) is 5.96 Å². The highest BCUT2D eigenvalue weighted by atomic mass is 16.5. The molecule has 1 saturated heterocycles. The fraction of sp³-hybridized carbons (Fsp3) is 0.474. The maximum absolute atomic E-state index is 14.1. The molecule has 2 aliphatic heterocycles. The largest absolute Gasteiger partial charge is 0.481 e. The normalized spacial score (nSPS) is 20.2. The van der Waals surface area contributed by atoms with Crippen molar-refractivity contribution < 1.29 is 28.9 Å². The van der Waals surface area contributed by atoms with Crippen LogP contribution in [0.4, 0.5) is 5.69 Å². The van der Waals surface area contributed by atoms with Crippen molar-refractivity contribution in [3.05, 3.63) is 84.1 Å². The van der Waals surface area contributed by atoms with E-state index < -0.39 is 5.97 Å². The Morgan fingerprint density at radius 1 is 1.00 bits per heavy atom. The van der Waals surface area contributed by atoms with Gasteiger partial charge in [0.25, 0.3) is 0 Å². The standard InChI is InChI=1S/C38H47N5O6/c39-38-41-33-24-40-35(49-32-9-5-2-6-10-32)23-30(33)25-43(38)34(28-17-20-47-21-18-28)15-16-36(44)42(31-13-11-29(12-14-31)37(45)46)19-22-48-26-27-7-3-1-4-8-27/h1-10,23-24,28-29,31,34H,11-22,25-26H2,(H2,39,41)(H,45,46)/t29?,31?,34-/m0/s1. The summed E-state index contributed by atoms with van der Waals surface area (Å²) in [5.41, 5.74) is 9.40. The molecule has 0 unspecified atom stereocenters. The second-order valence-electron chi connectivity index (χ2n) is 13.2. The summed E-state index contributed by atoms with van der Waals surface area (Å²) in [7, 11) is 0. The molecular weight excluding hydrogens is 622 g/mol. The van der Waals surface area contributed by atoms with Crippen LogP contribution < -0.4 is 10.5 Å². The van der Waals surface area contributed by atoms with E-state index in [2.05, 4.69) is 9.88 Å². The Hall–Kier alpha value is -4.48. The zero-order chi connectivity index (χ0) is 34.0. The summed E-state index contributed by atoms with van der Waals surface area (Å²) in [6.07, 6.45) is 6.91. The van der Waals surface area contributed by atoms with Crippen molar-refractivity contribution >= 4 is 23.5 Å². The molecule has 0 spiro atoms. The number of guanidine groups is 1. The molecule has 2 fully saturated rings. The minimum atomic E-state index is -0.751. The lowest BCUT2D eigenvalue weighted by molar-refractivity contribution is -0.143. The number of carbonyl (C=O) groups is 2. The van der Waals surface area contributed by atoms with Crippen molar-refractivity contribution in [2.45, 2.75) is 76.6 Å². The van der Waals surface area contributed by atoms with Gasteiger partial charge in [0.2, 0.25) is 11.8 Å². The molecule has 1 saturated carbocycles. The van der Waals surface area contributed by atoms with E-state index >= 15 is 0 Å². The Bertz CT molecular complexity index is 1560. The van der Waals surface area contributed by atoms with Crippen LogP contribution in [-0.2, 0) is 32.2 Å². The number of benzene rings is 2. The number of aliphatic imine (C=N–C) groups is 1. The first-order valence-electron chi connectivity index (χ1n) is 17.5. The minimum absolute atomic E-state index is 0.00557. The van der Waals surface area contributed by atoms with Gasteiger partial charge < -0.3 is 34.9 Å². The molecule has 3 aliphatic rings. The maximum Gasteiger partial charge on any atom is 0.306 e. The third-order valence-corrected chi connectivity index (χ3v) is 10.0. The highest BCUT2D eigenvalue weighted by molar-refractivity contribution is 5.84. The van der Waals surface area contributed by atoms with Crippen molar-refractivity contribution in [1.29, 1.82) is 0 Å². The smallest absolute Gasteiger partial charge is 0.306 e. The number of amides is 1. The fourth-order valence-corrected chi connectivity index (χ4v) is 7.33. The number of hydrogen-bond donors (Lipinski definition) is 2. The van der Waals surface area contributed by atoms with Crippen molar-refractivity contribution in [1.82, 2.24) is 14.8 Å². The lowest BCUT2D eigenvalue weighted by Crippen LogP contribution is -2.50. The number of nitrogens with zero attached hydrogens (tertiary/aromatic N) is 4. The van der Waals surface area contributed by atoms with Crippen LogP contribution in [0, 0.1) is 11.8 Å². The van der Waals surface area contributed by atoms with Crippen LogP contribution in [0.25, 0.3) is 0 Å². The number of nitrogens with two attached hydrogens (primary N) is 1. The summed E-state index contributed by atoms with van der Waals surface area (Å²) in [5, 5.41) is 9.57. The number of pyridine rings is 1. The molecule has 6 rings (SSSR count). The molecular formula is C38H47N5O6. The van der Waals surface area contributed by atoms with Crippen LogP contribution in [0.3, 0.4) is 0 Å². The number of para-hydroxylation sites is 1. The third-order valence-electron chi connectivity index (χ3n) is 10.0. The molecule has 2 aromatic carbocycles. The minimum Gasteiger partial charge on any atom is -0.481 e. The molecule has 3 heterocycles. The average molecular weight is 670 g/mol. The number of carbonyl (C=O) groups excluding carboxylic acids is 1. The van der Waals surface area contributed by atoms with E-state index in [1.54, 1.807) is 6.20 Å². The summed E-state index contributed by atoms with van der Waals surface area (Å²) in [5.74, 6) is 0.865. The number of aliphatic carboxylic acids is 1. The highest BCUT2D eigenvalue weighted by Crippen LogP contribution is 2.35. The molecule has 11 heteroatoms. The van der Waals surface area contributed by atoms with E-state index in [0.717, 1.165) is 29.7 Å². The van der Waals surface area contributed by atoms with Gasteiger partial charge in [-0.05, 0) is 68.6 Å². The molecule has 260 valence electrons. The summed E-state index contributed by atoms with van der Waals surface area (Å²) in [4.78, 5) is 39.0. The van der Waals surface area contributed by atoms with E-state index in [1.165, 1.54) is 0 Å². The number of hydrogen-bond acceptors (Lipinski definition) is 9. The van der Waals surface area contributed by atoms with Gasteiger partial charge in [-0.25, -0.2) is 9.98 Å². The average Bonchev–Trinajstić information content (AvgIpc) is 3.13. The molecule has 0 bridgehead atoms. The lowest BCUT2D eigenvalue weighted by atomic mass is 9.84. The molecule has 11 nitrogen and oxygen atoms in total. The maximum atomic E-state index is 14.1. The van der Waals surface area contributed by atoms with Crippen molar-refractivity contribution in [2.24, 2.45) is 22.6 Å². The van der Waals surface area contributed by atoms with Crippen LogP contribution in [0.5, 0.6) is 11.6 Å². The first-order valence-corrected chi connectivity index (χ1v) is 17.5. The van der Waals surface area contributed by atoms with Gasteiger partial charge in [0.05, 0.1) is 31.0 Å². The Kier molecular flexibility index (Phi) is 11.8. The predicted molar refractivity (Wildman–Crippen MR) is 185 cm³/mol. The van der Waals surface area contributed by atoms with Crippen molar-refractivity contribution in [3.8, 4) is 11.6 Å². The van der Waals surface area contributed by atoms with E-state index in [1.807, 2.05) is 71.6 Å². The molecule has 3 N–H and O–H groups in total. The molecule has 3 aromatic rings. The van der Waals surface area contributed by atoms with E-state index in [0.29, 0.717) is 95.6 Å². The number of carboxylic acids is 1. The first-order chi connectivity index (χ1) is 23.9. The molecule has 1 aliphatic carbocycles. The van der Waals surface area contributed by atoms with Crippen LogP contribution >= 0.6 is 0 Å². The van der Waals surface area contributed by atoms with Gasteiger partial charge in [-0.3, -0.25) is 9.59 Å². The zero-order valence-electron chi connectivity index (χ0n) is 28.0. The van der Waals surface area contributed by atoms with Crippen LogP contribution in [0.15, 0.2) is 77.9 Å². The number of aromatic nitrogens is 1. The SMILES string of the molecule is NC1=Nc2cnc(Oc3ccccc3)cc2CN1[C@@H](CCC(=O)N(CCOCc1ccccc1)C1CCC(C(=O)O)CC1)C1CCOCC1. The molecule has 1 atom stereocenters. The molecule has 0 radical (unpaired) electrons. The quantitative estimate of drug-likeness (QED) is 0.201. The van der Waals surface area contributed by atoms with Crippen LogP contribution in [-0.4, -0.2) is 76.2 Å². The fourth-order valence-electron chi connectivity index (χ4n) is 7.33. The predicted octanol–water partition coefficient (Wildman–Crippen LogP) is 5.90. The summed E-state index contributed by atoms with van der Waals surface area (Å²) in [6, 6.07) is 21.4. The first kappa shape index (κ1) is 34.4. The number of ether oxygens (including phenoxy) is 3. The molecule has 1 amide bonds. The Morgan fingerprint density at radius 2 is 1.71 bits per heavy atom. The molecule has 49 heavy (non-hydrogen) atoms. The van der Waals surface area contributed by atoms with E-state index in [-0.39, 0.29) is 29.8 Å². The van der Waals surface area contributed by atoms with Gasteiger partial charge >= 0.3 is 5.97 Å². The Balaban J connectivity index is 1.15. The topological polar surface area (TPSA) is 140 Å². The second kappa shape index (κ2) is 16.8. The number of carboxylic acid groups (broad SMARTS) is 1. The van der Waals surface area contributed by atoms with E-state index in [9.17, 15) is 14.7 Å². The van der Waals surface area contributed by atoms with Crippen LogP contribution in [0.1, 0.15) is 62.5 Å². The summed E-state index contributed by atoms with van der Waals surface area (Å²) in [6.45, 7) is 3.23. The molecule has 1 aromatic heterocycles. The summed E-state index contributed by atoms with van der Waals surface area (Å²) < 4.78 is 17.7. The number of fused-ring (bicyclic) bond motifs is 1. The van der Waals surface area contributed by atoms with E-state index in [4.69, 9.17) is 24.9 Å². The summed E-state index contributed by atoms with van der Waals surface area (Å²) >= 11 is 0. The number of rotatable bonds is 14. The van der Waals surface area contributed by atoms with Gasteiger partial charge in [0.1, 0.15) is 5.75 Å². The zero-order valence-corrected chi connectivity index (χ0v) is 28.0. The van der Waals surface area contributed by atoms with Crippen molar-refractivity contribution in [2.75, 3.05) is 26.4 Å². The van der Waals surface area contributed by atoms with Crippen LogP contribution in [0.2, 0.25) is 0 Å². The second-order valence-corrected chi connectivity index (χ2v) is 13.2. The van der Waals surface area contributed by atoms with Gasteiger partial charge in [-0.15, -0.1) is 0 Å². The third kappa shape index (κ3) is 9.16.